The molecule has 2 aromatic heterocycles. The molecule has 0 atom stereocenters. The molecule has 29 heavy (non-hydrogen) atoms. The number of thiophene rings is 1. The normalized spacial score (nSPS) is 16.7. The Balaban J connectivity index is 0.00000300. The van der Waals surface area contributed by atoms with Crippen molar-refractivity contribution in [2.45, 2.75) is 45.1 Å². The average Bonchev–Trinajstić information content (AvgIpc) is 3.09. The molecule has 2 N–H and O–H groups in total. The summed E-state index contributed by atoms with van der Waals surface area (Å²) in [6.07, 6.45) is 0.308. The van der Waals surface area contributed by atoms with Gasteiger partial charge in [-0.15, -0.1) is 23.7 Å². The van der Waals surface area contributed by atoms with Crippen molar-refractivity contribution < 1.29 is 18.7 Å². The van der Waals surface area contributed by atoms with Crippen molar-refractivity contribution in [1.29, 1.82) is 0 Å². The third-order valence-electron chi connectivity index (χ3n) is 5.06. The number of carbonyl (C=O) groups excluding carboxylic acids is 1. The summed E-state index contributed by atoms with van der Waals surface area (Å²) in [5.74, 6) is -3.48. The number of likely N-dealkylation sites (tertiary alicyclic amines) is 1. The Hall–Kier alpha value is -1.71. The number of piperidine rings is 1. The number of aromatic hydroxyl groups is 1. The van der Waals surface area contributed by atoms with Gasteiger partial charge in [0, 0.05) is 38.5 Å². The largest absolute Gasteiger partial charge is 0.506 e. The van der Waals surface area contributed by atoms with Crippen LogP contribution in [0.3, 0.4) is 0 Å². The van der Waals surface area contributed by atoms with Gasteiger partial charge in [-0.25, -0.2) is 8.78 Å². The van der Waals surface area contributed by atoms with Gasteiger partial charge in [0.25, 0.3) is 17.4 Å². The summed E-state index contributed by atoms with van der Waals surface area (Å²) in [6.45, 7) is 5.28. The Bertz CT molecular complexity index is 919. The van der Waals surface area contributed by atoms with Gasteiger partial charge in [0.05, 0.1) is 5.39 Å². The van der Waals surface area contributed by atoms with Crippen molar-refractivity contribution in [2.24, 2.45) is 0 Å². The molecular weight excluding hydrogens is 424 g/mol. The summed E-state index contributed by atoms with van der Waals surface area (Å²) in [6, 6.07) is 1.54. The van der Waals surface area contributed by atoms with E-state index >= 15 is 0 Å². The number of fused-ring (bicyclic) bond motifs is 1. The SMILES string of the molecule is CC(C)n1c(=O)c(C(=O)NCCCN2CCC(F)(F)CC2)c(O)c2ccsc21.Cl. The highest BCUT2D eigenvalue weighted by Gasteiger charge is 2.33. The van der Waals surface area contributed by atoms with E-state index in [1.54, 1.807) is 11.4 Å². The molecule has 0 aliphatic carbocycles. The van der Waals surface area contributed by atoms with E-state index in [1.807, 2.05) is 18.7 Å². The van der Waals surface area contributed by atoms with Gasteiger partial charge in [0.1, 0.15) is 16.1 Å². The predicted molar refractivity (Wildman–Crippen MR) is 113 cm³/mol. The van der Waals surface area contributed by atoms with Crippen molar-refractivity contribution >= 4 is 39.9 Å². The van der Waals surface area contributed by atoms with E-state index in [-0.39, 0.29) is 42.6 Å². The molecule has 0 spiro atoms. The van der Waals surface area contributed by atoms with Gasteiger partial charge < -0.3 is 15.3 Å². The van der Waals surface area contributed by atoms with Crippen LogP contribution in [0, 0.1) is 0 Å². The van der Waals surface area contributed by atoms with Crippen molar-refractivity contribution in [3.8, 4) is 5.75 Å². The smallest absolute Gasteiger partial charge is 0.268 e. The van der Waals surface area contributed by atoms with E-state index in [1.165, 1.54) is 15.9 Å². The van der Waals surface area contributed by atoms with Crippen molar-refractivity contribution in [1.82, 2.24) is 14.8 Å². The van der Waals surface area contributed by atoms with Gasteiger partial charge in [0.15, 0.2) is 0 Å². The first-order chi connectivity index (χ1) is 13.2. The fourth-order valence-corrected chi connectivity index (χ4v) is 4.52. The number of rotatable bonds is 6. The molecule has 0 unspecified atom stereocenters. The Kier molecular flexibility index (Phi) is 7.64. The molecule has 6 nitrogen and oxygen atoms in total. The molecule has 0 bridgehead atoms. The summed E-state index contributed by atoms with van der Waals surface area (Å²) in [5.41, 5.74) is -0.768. The monoisotopic (exact) mass is 449 g/mol. The van der Waals surface area contributed by atoms with Gasteiger partial charge in [-0.2, -0.15) is 0 Å². The van der Waals surface area contributed by atoms with Crippen LogP contribution in [0.4, 0.5) is 8.78 Å². The van der Waals surface area contributed by atoms with Gasteiger partial charge in [-0.1, -0.05) is 0 Å². The standard InChI is InChI=1S/C19H25F2N3O3S.ClH/c1-12(2)24-17(27)14(15(25)13-4-11-28-18(13)24)16(26)22-7-3-8-23-9-5-19(20,21)6-10-23;/h4,11-12,25H,3,5-10H2,1-2H3,(H,22,26);1H. The van der Waals surface area contributed by atoms with E-state index < -0.39 is 17.4 Å². The van der Waals surface area contributed by atoms with Crippen LogP contribution in [0.1, 0.15) is 49.5 Å². The number of hydrogen-bond acceptors (Lipinski definition) is 5. The van der Waals surface area contributed by atoms with Crippen LogP contribution in [-0.2, 0) is 0 Å². The van der Waals surface area contributed by atoms with E-state index in [9.17, 15) is 23.5 Å². The highest BCUT2D eigenvalue weighted by molar-refractivity contribution is 7.16. The second-order valence-electron chi connectivity index (χ2n) is 7.44. The van der Waals surface area contributed by atoms with E-state index in [2.05, 4.69) is 5.32 Å². The third-order valence-corrected chi connectivity index (χ3v) is 5.97. The third kappa shape index (κ3) is 5.07. The Morgan fingerprint density at radius 3 is 2.62 bits per heavy atom. The average molecular weight is 450 g/mol. The predicted octanol–water partition coefficient (Wildman–Crippen LogP) is 3.62. The molecule has 0 aromatic carbocycles. The highest BCUT2D eigenvalue weighted by Crippen LogP contribution is 2.31. The Labute approximate surface area is 177 Å². The molecule has 0 saturated carbocycles. The zero-order chi connectivity index (χ0) is 20.5. The molecule has 10 heteroatoms. The minimum absolute atomic E-state index is 0. The molecule has 1 amide bonds. The zero-order valence-electron chi connectivity index (χ0n) is 16.4. The first-order valence-corrected chi connectivity index (χ1v) is 10.3. The number of aromatic nitrogens is 1. The molecule has 1 aliphatic heterocycles. The van der Waals surface area contributed by atoms with Crippen molar-refractivity contribution in [3.05, 3.63) is 27.4 Å². The van der Waals surface area contributed by atoms with Crippen molar-refractivity contribution in [3.63, 3.8) is 0 Å². The molecule has 162 valence electrons. The lowest BCUT2D eigenvalue weighted by Crippen LogP contribution is -2.40. The van der Waals surface area contributed by atoms with Gasteiger partial charge in [-0.3, -0.25) is 14.2 Å². The molecule has 1 saturated heterocycles. The number of amides is 1. The number of nitrogens with one attached hydrogen (secondary N) is 1. The lowest BCUT2D eigenvalue weighted by Gasteiger charge is -2.31. The second kappa shape index (κ2) is 9.40. The van der Waals surface area contributed by atoms with Crippen LogP contribution >= 0.6 is 23.7 Å². The summed E-state index contributed by atoms with van der Waals surface area (Å²) in [7, 11) is 0. The number of nitrogens with zero attached hydrogens (tertiary/aromatic N) is 2. The number of carbonyl (C=O) groups is 1. The molecule has 2 aromatic rings. The van der Waals surface area contributed by atoms with Crippen LogP contribution in [0.25, 0.3) is 10.2 Å². The van der Waals surface area contributed by atoms with Crippen LogP contribution in [0.5, 0.6) is 5.75 Å². The van der Waals surface area contributed by atoms with Crippen molar-refractivity contribution in [2.75, 3.05) is 26.2 Å². The fourth-order valence-electron chi connectivity index (χ4n) is 3.49. The van der Waals surface area contributed by atoms with Gasteiger partial charge >= 0.3 is 0 Å². The zero-order valence-corrected chi connectivity index (χ0v) is 18.0. The number of pyridine rings is 1. The van der Waals surface area contributed by atoms with Crippen LogP contribution in [0.2, 0.25) is 0 Å². The first kappa shape index (κ1) is 23.6. The minimum Gasteiger partial charge on any atom is -0.506 e. The molecule has 1 aliphatic rings. The quantitative estimate of drug-likeness (QED) is 0.660. The number of halogens is 3. The van der Waals surface area contributed by atoms with Gasteiger partial charge in [0.2, 0.25) is 0 Å². The van der Waals surface area contributed by atoms with Crippen LogP contribution < -0.4 is 10.9 Å². The molecule has 1 fully saturated rings. The fraction of sp³-hybridized carbons (Fsp3) is 0.579. The summed E-state index contributed by atoms with van der Waals surface area (Å²) in [4.78, 5) is 27.9. The lowest BCUT2D eigenvalue weighted by molar-refractivity contribution is -0.0550. The maximum atomic E-state index is 13.2. The Morgan fingerprint density at radius 2 is 2.00 bits per heavy atom. The summed E-state index contributed by atoms with van der Waals surface area (Å²) >= 11 is 1.34. The topological polar surface area (TPSA) is 74.6 Å². The summed E-state index contributed by atoms with van der Waals surface area (Å²) in [5, 5.41) is 15.4. The second-order valence-corrected chi connectivity index (χ2v) is 8.33. The molecule has 3 heterocycles. The Morgan fingerprint density at radius 1 is 1.34 bits per heavy atom. The molecule has 3 rings (SSSR count). The van der Waals surface area contributed by atoms with Crippen LogP contribution in [-0.4, -0.2) is 52.6 Å². The molecule has 0 radical (unpaired) electrons. The van der Waals surface area contributed by atoms with Gasteiger partial charge in [-0.05, 0) is 38.3 Å². The maximum absolute atomic E-state index is 13.2. The van der Waals surface area contributed by atoms with E-state index in [0.717, 1.165) is 0 Å². The molecular formula is C19H26ClF2N3O3S. The van der Waals surface area contributed by atoms with E-state index in [0.29, 0.717) is 42.8 Å². The minimum atomic E-state index is -2.57. The number of alkyl halides is 2. The summed E-state index contributed by atoms with van der Waals surface area (Å²) < 4.78 is 27.9. The highest BCUT2D eigenvalue weighted by atomic mass is 35.5. The lowest BCUT2D eigenvalue weighted by atomic mass is 10.1. The van der Waals surface area contributed by atoms with E-state index in [4.69, 9.17) is 0 Å². The first-order valence-electron chi connectivity index (χ1n) is 9.44. The maximum Gasteiger partial charge on any atom is 0.268 e. The number of hydrogen-bond donors (Lipinski definition) is 2. The van der Waals surface area contributed by atoms with Crippen LogP contribution in [0.15, 0.2) is 16.2 Å².